The lowest BCUT2D eigenvalue weighted by Gasteiger charge is -2.41. The molecule has 11 nitrogen and oxygen atoms in total. The number of likely N-dealkylation sites (N-methyl/N-ethyl adjacent to an activating group) is 1. The zero-order valence-electron chi connectivity index (χ0n) is 23.7. The SMILES string of the molecule is C[C@@H]1OCC2(CCN(c3cnc(Sc4ccnc(Nc5ccnc(N6CC[C@@H](N(C)C)C6)n5)c4Cl)cn3)CC2)[C@@H]1N. The van der Waals surface area contributed by atoms with Crippen LogP contribution in [0.4, 0.5) is 23.4 Å². The van der Waals surface area contributed by atoms with Crippen LogP contribution in [0.1, 0.15) is 26.2 Å². The topological polar surface area (TPSA) is 121 Å². The van der Waals surface area contributed by atoms with Crippen molar-refractivity contribution in [3.63, 3.8) is 0 Å². The number of nitrogens with one attached hydrogen (secondary N) is 1. The van der Waals surface area contributed by atoms with Crippen molar-refractivity contribution in [1.29, 1.82) is 0 Å². The maximum atomic E-state index is 6.78. The molecule has 3 aromatic rings. The molecule has 13 heteroatoms. The Morgan fingerprint density at radius 2 is 1.88 bits per heavy atom. The summed E-state index contributed by atoms with van der Waals surface area (Å²) in [6, 6.07) is 4.29. The number of nitrogens with zero attached hydrogens (tertiary/aromatic N) is 8. The van der Waals surface area contributed by atoms with Crippen molar-refractivity contribution in [2.24, 2.45) is 11.1 Å². The van der Waals surface area contributed by atoms with E-state index in [2.05, 4.69) is 56.0 Å². The van der Waals surface area contributed by atoms with Crippen LogP contribution in [0.25, 0.3) is 0 Å². The van der Waals surface area contributed by atoms with Gasteiger partial charge in [0.25, 0.3) is 0 Å². The minimum atomic E-state index is 0.0830. The van der Waals surface area contributed by atoms with Crippen molar-refractivity contribution >= 4 is 46.8 Å². The molecule has 0 aromatic carbocycles. The molecule has 0 saturated carbocycles. The summed E-state index contributed by atoms with van der Waals surface area (Å²) in [5, 5.41) is 4.53. The summed E-state index contributed by atoms with van der Waals surface area (Å²) in [5.74, 6) is 2.76. The number of aromatic nitrogens is 5. The van der Waals surface area contributed by atoms with Gasteiger partial charge in [0.15, 0.2) is 5.82 Å². The molecule has 0 bridgehead atoms. The highest BCUT2D eigenvalue weighted by atomic mass is 35.5. The third-order valence-electron chi connectivity index (χ3n) is 8.68. The Morgan fingerprint density at radius 3 is 2.56 bits per heavy atom. The van der Waals surface area contributed by atoms with Gasteiger partial charge in [0.05, 0.1) is 30.1 Å². The molecule has 3 saturated heterocycles. The Hall–Kier alpha value is -2.77. The average molecular weight is 597 g/mol. The Balaban J connectivity index is 1.09. The molecular weight excluding hydrogens is 560 g/mol. The zero-order chi connectivity index (χ0) is 28.6. The van der Waals surface area contributed by atoms with E-state index in [-0.39, 0.29) is 17.6 Å². The lowest BCUT2D eigenvalue weighted by molar-refractivity contribution is 0.0974. The molecule has 0 aliphatic carbocycles. The summed E-state index contributed by atoms with van der Waals surface area (Å²) in [5.41, 5.74) is 6.56. The van der Waals surface area contributed by atoms with Gasteiger partial charge in [-0.25, -0.2) is 19.9 Å². The summed E-state index contributed by atoms with van der Waals surface area (Å²) in [6.07, 6.45) is 10.3. The van der Waals surface area contributed by atoms with Crippen LogP contribution in [0, 0.1) is 5.41 Å². The molecule has 0 unspecified atom stereocenters. The van der Waals surface area contributed by atoms with Crippen LogP contribution in [0.3, 0.4) is 0 Å². The van der Waals surface area contributed by atoms with Crippen LogP contribution in [0.15, 0.2) is 46.8 Å². The number of piperidine rings is 1. The molecule has 3 N–H and O–H groups in total. The molecular formula is C28H37ClN10OS. The smallest absolute Gasteiger partial charge is 0.227 e. The number of ether oxygens (including phenoxy) is 1. The van der Waals surface area contributed by atoms with Crippen molar-refractivity contribution < 1.29 is 4.74 Å². The molecule has 3 fully saturated rings. The fraction of sp³-hybridized carbons (Fsp3) is 0.536. The highest BCUT2D eigenvalue weighted by molar-refractivity contribution is 7.99. The molecule has 3 aliphatic heterocycles. The maximum absolute atomic E-state index is 6.78. The van der Waals surface area contributed by atoms with Gasteiger partial charge in [-0.05, 0) is 52.4 Å². The second-order valence-electron chi connectivity index (χ2n) is 11.4. The molecule has 41 heavy (non-hydrogen) atoms. The van der Waals surface area contributed by atoms with Crippen LogP contribution >= 0.6 is 23.4 Å². The number of anilines is 4. The number of nitrogens with two attached hydrogens (primary N) is 1. The quantitative estimate of drug-likeness (QED) is 0.414. The van der Waals surface area contributed by atoms with E-state index in [1.165, 1.54) is 11.8 Å². The summed E-state index contributed by atoms with van der Waals surface area (Å²) in [7, 11) is 4.22. The van der Waals surface area contributed by atoms with Crippen LogP contribution in [-0.2, 0) is 4.74 Å². The Bertz CT molecular complexity index is 1350. The van der Waals surface area contributed by atoms with Crippen molar-refractivity contribution in [2.45, 2.75) is 54.3 Å². The minimum Gasteiger partial charge on any atom is -0.376 e. The first-order valence-corrected chi connectivity index (χ1v) is 15.3. The van der Waals surface area contributed by atoms with E-state index < -0.39 is 0 Å². The maximum Gasteiger partial charge on any atom is 0.227 e. The summed E-state index contributed by atoms with van der Waals surface area (Å²) in [4.78, 5) is 30.6. The molecule has 3 aliphatic rings. The second-order valence-corrected chi connectivity index (χ2v) is 12.8. The van der Waals surface area contributed by atoms with Gasteiger partial charge in [-0.3, -0.25) is 0 Å². The first-order valence-electron chi connectivity index (χ1n) is 14.1. The van der Waals surface area contributed by atoms with Crippen molar-refractivity contribution in [3.05, 3.63) is 41.9 Å². The minimum absolute atomic E-state index is 0.0830. The van der Waals surface area contributed by atoms with Gasteiger partial charge >= 0.3 is 0 Å². The largest absolute Gasteiger partial charge is 0.376 e. The van der Waals surface area contributed by atoms with E-state index in [1.807, 2.05) is 18.3 Å². The fourth-order valence-corrected chi connectivity index (χ4v) is 6.95. The van der Waals surface area contributed by atoms with E-state index >= 15 is 0 Å². The fourth-order valence-electron chi connectivity index (χ4n) is 5.92. The van der Waals surface area contributed by atoms with Crippen LogP contribution < -0.4 is 20.9 Å². The highest BCUT2D eigenvalue weighted by Gasteiger charge is 2.47. The number of pyridine rings is 1. The number of rotatable bonds is 7. The lowest BCUT2D eigenvalue weighted by Crippen LogP contribution is -2.50. The molecule has 218 valence electrons. The van der Waals surface area contributed by atoms with Crippen LogP contribution in [0.2, 0.25) is 5.02 Å². The molecule has 3 atom stereocenters. The van der Waals surface area contributed by atoms with Crippen molar-refractivity contribution in [2.75, 3.05) is 62.0 Å². The normalized spacial score (nSPS) is 24.0. The molecule has 0 amide bonds. The van der Waals surface area contributed by atoms with E-state index in [4.69, 9.17) is 32.0 Å². The van der Waals surface area contributed by atoms with Crippen molar-refractivity contribution in [3.8, 4) is 0 Å². The van der Waals surface area contributed by atoms with E-state index in [9.17, 15) is 0 Å². The molecule has 1 spiro atoms. The number of hydrogen-bond acceptors (Lipinski definition) is 12. The van der Waals surface area contributed by atoms with Gasteiger partial charge in [0.2, 0.25) is 5.95 Å². The Morgan fingerprint density at radius 1 is 1.07 bits per heavy atom. The van der Waals surface area contributed by atoms with Crippen LogP contribution in [0.5, 0.6) is 0 Å². The standard InChI is InChI=1S/C28H37ClN10OS/c1-18-25(30)28(17-40-18)7-12-38(13-8-28)22-14-34-23(15-33-22)41-20-4-9-31-26(24(20)29)35-21-5-10-32-27(36-21)39-11-6-19(16-39)37(2)3/h4-5,9-10,14-15,18-19,25H,6-8,11-13,16-17,30H2,1-3H3,(H,31,32,35,36)/t18-,19+,25+/m0/s1. The van der Waals surface area contributed by atoms with Gasteiger partial charge in [-0.2, -0.15) is 4.98 Å². The highest BCUT2D eigenvalue weighted by Crippen LogP contribution is 2.42. The monoisotopic (exact) mass is 596 g/mol. The predicted octanol–water partition coefficient (Wildman–Crippen LogP) is 3.68. The second kappa shape index (κ2) is 11.8. The zero-order valence-corrected chi connectivity index (χ0v) is 25.3. The Kier molecular flexibility index (Phi) is 8.19. The summed E-state index contributed by atoms with van der Waals surface area (Å²) < 4.78 is 5.86. The first-order chi connectivity index (χ1) is 19.8. The Labute approximate surface area is 250 Å². The predicted molar refractivity (Wildman–Crippen MR) is 162 cm³/mol. The van der Waals surface area contributed by atoms with Gasteiger partial charge in [-0.1, -0.05) is 23.4 Å². The third kappa shape index (κ3) is 5.94. The molecule has 6 rings (SSSR count). The molecule has 3 aromatic heterocycles. The third-order valence-corrected chi connectivity index (χ3v) is 10.2. The van der Waals surface area contributed by atoms with Gasteiger partial charge in [0, 0.05) is 61.0 Å². The first kappa shape index (κ1) is 28.4. The van der Waals surface area contributed by atoms with E-state index in [0.717, 1.165) is 67.8 Å². The van der Waals surface area contributed by atoms with Crippen molar-refractivity contribution in [1.82, 2.24) is 29.8 Å². The van der Waals surface area contributed by atoms with E-state index in [0.29, 0.717) is 28.6 Å². The summed E-state index contributed by atoms with van der Waals surface area (Å²) in [6.45, 7) is 6.45. The molecule has 0 radical (unpaired) electrons. The van der Waals surface area contributed by atoms with E-state index in [1.54, 1.807) is 18.6 Å². The summed E-state index contributed by atoms with van der Waals surface area (Å²) >= 11 is 8.24. The van der Waals surface area contributed by atoms with Gasteiger partial charge in [0.1, 0.15) is 16.7 Å². The average Bonchev–Trinajstić information content (AvgIpc) is 3.59. The van der Waals surface area contributed by atoms with Gasteiger partial charge < -0.3 is 30.5 Å². The van der Waals surface area contributed by atoms with Crippen LogP contribution in [-0.4, -0.2) is 94.9 Å². The number of halogens is 1. The molecule has 6 heterocycles. The lowest BCUT2D eigenvalue weighted by atomic mass is 9.73. The number of hydrogen-bond donors (Lipinski definition) is 2. The van der Waals surface area contributed by atoms with Gasteiger partial charge in [-0.15, -0.1) is 0 Å².